The smallest absolute Gasteiger partial charge is 0.269 e. The lowest BCUT2D eigenvalue weighted by Gasteiger charge is -2.31. The van der Waals surface area contributed by atoms with Crippen LogP contribution in [0.5, 0.6) is 0 Å². The van der Waals surface area contributed by atoms with Crippen molar-refractivity contribution in [2.75, 3.05) is 31.7 Å². The minimum atomic E-state index is -0.233. The number of carbonyl (C=O) groups excluding carboxylic acids is 1. The van der Waals surface area contributed by atoms with Gasteiger partial charge in [-0.1, -0.05) is 6.92 Å². The SMILES string of the molecule is CCc1c(CN)c(N2CCCc3cc(-c4cnc(C(=O)NC)cc4C)c(C#N)cc32)nn1C1CCOCC1. The van der Waals surface area contributed by atoms with Crippen molar-refractivity contribution in [1.29, 1.82) is 5.26 Å². The van der Waals surface area contributed by atoms with E-state index in [2.05, 4.69) is 38.9 Å². The molecule has 1 amide bonds. The van der Waals surface area contributed by atoms with Crippen LogP contribution in [0.4, 0.5) is 11.5 Å². The molecule has 0 spiro atoms. The molecule has 4 heterocycles. The normalized spacial score (nSPS) is 15.7. The van der Waals surface area contributed by atoms with Gasteiger partial charge in [-0.05, 0) is 68.4 Å². The second-order valence-electron chi connectivity index (χ2n) is 9.95. The van der Waals surface area contributed by atoms with E-state index in [0.717, 1.165) is 85.6 Å². The van der Waals surface area contributed by atoms with Gasteiger partial charge in [0.15, 0.2) is 5.82 Å². The number of nitrogens with two attached hydrogens (primary N) is 1. The van der Waals surface area contributed by atoms with Crippen molar-refractivity contribution in [3.8, 4) is 17.2 Å². The van der Waals surface area contributed by atoms with E-state index in [9.17, 15) is 10.1 Å². The predicted octanol–water partition coefficient (Wildman–Crippen LogP) is 3.94. The Kier molecular flexibility index (Phi) is 7.45. The van der Waals surface area contributed by atoms with Crippen molar-refractivity contribution < 1.29 is 9.53 Å². The van der Waals surface area contributed by atoms with Gasteiger partial charge < -0.3 is 20.7 Å². The fraction of sp³-hybridized carbons (Fsp3) is 0.448. The van der Waals surface area contributed by atoms with E-state index >= 15 is 0 Å². The second kappa shape index (κ2) is 10.9. The van der Waals surface area contributed by atoms with Crippen molar-refractivity contribution in [2.24, 2.45) is 5.73 Å². The second-order valence-corrected chi connectivity index (χ2v) is 9.95. The number of ether oxygens (including phenoxy) is 1. The molecule has 0 unspecified atom stereocenters. The summed E-state index contributed by atoms with van der Waals surface area (Å²) in [5.74, 6) is 0.671. The summed E-state index contributed by atoms with van der Waals surface area (Å²) in [6, 6.07) is 8.58. The summed E-state index contributed by atoms with van der Waals surface area (Å²) in [5.41, 5.74) is 14.3. The first-order valence-corrected chi connectivity index (χ1v) is 13.4. The number of amides is 1. The third kappa shape index (κ3) is 4.55. The molecular formula is C29H35N7O2. The molecule has 38 heavy (non-hydrogen) atoms. The maximum absolute atomic E-state index is 12.0. The van der Waals surface area contributed by atoms with Gasteiger partial charge in [-0.25, -0.2) is 0 Å². The largest absolute Gasteiger partial charge is 0.381 e. The molecular weight excluding hydrogens is 478 g/mol. The summed E-state index contributed by atoms with van der Waals surface area (Å²) in [6.45, 7) is 6.84. The lowest BCUT2D eigenvalue weighted by atomic mass is 9.91. The Morgan fingerprint density at radius 2 is 2.05 bits per heavy atom. The summed E-state index contributed by atoms with van der Waals surface area (Å²) in [7, 11) is 1.59. The van der Waals surface area contributed by atoms with Gasteiger partial charge in [0, 0.05) is 67.6 Å². The molecule has 0 aliphatic carbocycles. The number of aromatic nitrogens is 3. The standard InChI is InChI=1S/C29H35N7O2/c1-4-26-23(16-31)28(34-36(26)21-7-10-38-11-8-21)35-9-5-6-19-13-22(20(15-30)14-27(19)35)24-17-33-25(12-18(24)2)29(37)32-3/h12-14,17,21H,4-11,16,31H2,1-3H3,(H,32,37). The van der Waals surface area contributed by atoms with Gasteiger partial charge in [-0.2, -0.15) is 10.4 Å². The Morgan fingerprint density at radius 1 is 1.26 bits per heavy atom. The van der Waals surface area contributed by atoms with Crippen LogP contribution in [0.1, 0.15) is 70.7 Å². The fourth-order valence-electron chi connectivity index (χ4n) is 5.78. The van der Waals surface area contributed by atoms with Gasteiger partial charge in [0.2, 0.25) is 0 Å². The first-order chi connectivity index (χ1) is 18.5. The number of hydrogen-bond donors (Lipinski definition) is 2. The average Bonchev–Trinajstić information content (AvgIpc) is 3.34. The molecule has 3 aromatic rings. The van der Waals surface area contributed by atoms with Gasteiger partial charge >= 0.3 is 0 Å². The van der Waals surface area contributed by atoms with Crippen LogP contribution in [0.25, 0.3) is 11.1 Å². The Hall–Kier alpha value is -3.74. The molecule has 5 rings (SSSR count). The van der Waals surface area contributed by atoms with E-state index in [4.69, 9.17) is 15.6 Å². The lowest BCUT2D eigenvalue weighted by molar-refractivity contribution is 0.0655. The van der Waals surface area contributed by atoms with Crippen LogP contribution in [-0.2, 0) is 24.1 Å². The van der Waals surface area contributed by atoms with E-state index in [0.29, 0.717) is 23.8 Å². The number of benzene rings is 1. The molecule has 2 aliphatic heterocycles. The summed E-state index contributed by atoms with van der Waals surface area (Å²) in [5, 5.41) is 17.9. The number of nitrogens with zero attached hydrogens (tertiary/aromatic N) is 5. The van der Waals surface area contributed by atoms with Crippen LogP contribution in [0, 0.1) is 18.3 Å². The molecule has 0 saturated carbocycles. The molecule has 3 N–H and O–H groups in total. The van der Waals surface area contributed by atoms with Crippen LogP contribution in [-0.4, -0.2) is 47.5 Å². The summed E-state index contributed by atoms with van der Waals surface area (Å²) < 4.78 is 7.79. The summed E-state index contributed by atoms with van der Waals surface area (Å²) in [6.07, 6.45) is 6.33. The van der Waals surface area contributed by atoms with E-state index in [-0.39, 0.29) is 5.91 Å². The number of nitrogens with one attached hydrogen (secondary N) is 1. The minimum Gasteiger partial charge on any atom is -0.381 e. The van der Waals surface area contributed by atoms with Gasteiger partial charge in [-0.15, -0.1) is 0 Å². The lowest BCUT2D eigenvalue weighted by Crippen LogP contribution is -2.27. The number of hydrogen-bond acceptors (Lipinski definition) is 7. The molecule has 1 saturated heterocycles. The molecule has 1 fully saturated rings. The third-order valence-electron chi connectivity index (χ3n) is 7.75. The van der Waals surface area contributed by atoms with Crippen LogP contribution in [0.2, 0.25) is 0 Å². The first-order valence-electron chi connectivity index (χ1n) is 13.4. The Bertz CT molecular complexity index is 1400. The van der Waals surface area contributed by atoms with Gasteiger partial charge in [-0.3, -0.25) is 14.5 Å². The Morgan fingerprint density at radius 3 is 2.71 bits per heavy atom. The van der Waals surface area contributed by atoms with E-state index in [1.807, 2.05) is 13.0 Å². The minimum absolute atomic E-state index is 0.233. The van der Waals surface area contributed by atoms with E-state index < -0.39 is 0 Å². The fourth-order valence-corrected chi connectivity index (χ4v) is 5.78. The molecule has 9 heteroatoms. The van der Waals surface area contributed by atoms with Crippen LogP contribution < -0.4 is 16.0 Å². The molecule has 0 bridgehead atoms. The average molecular weight is 514 g/mol. The number of anilines is 2. The van der Waals surface area contributed by atoms with Gasteiger partial charge in [0.1, 0.15) is 5.69 Å². The number of aryl methyl sites for hydroxylation is 2. The molecule has 0 radical (unpaired) electrons. The highest BCUT2D eigenvalue weighted by atomic mass is 16.5. The van der Waals surface area contributed by atoms with E-state index in [1.165, 1.54) is 11.3 Å². The highest BCUT2D eigenvalue weighted by Crippen LogP contribution is 2.41. The van der Waals surface area contributed by atoms with Gasteiger partial charge in [0.05, 0.1) is 17.7 Å². The Balaban J connectivity index is 1.59. The number of rotatable bonds is 6. The molecule has 2 aliphatic rings. The summed E-state index contributed by atoms with van der Waals surface area (Å²) >= 11 is 0. The number of nitriles is 1. The first kappa shape index (κ1) is 25.9. The molecule has 1 aromatic carbocycles. The maximum Gasteiger partial charge on any atom is 0.269 e. The molecule has 9 nitrogen and oxygen atoms in total. The summed E-state index contributed by atoms with van der Waals surface area (Å²) in [4.78, 5) is 18.7. The van der Waals surface area contributed by atoms with Crippen LogP contribution in [0.15, 0.2) is 24.4 Å². The monoisotopic (exact) mass is 513 g/mol. The number of pyridine rings is 1. The highest BCUT2D eigenvalue weighted by Gasteiger charge is 2.29. The van der Waals surface area contributed by atoms with Crippen molar-refractivity contribution in [1.82, 2.24) is 20.1 Å². The quantitative estimate of drug-likeness (QED) is 0.512. The topological polar surface area (TPSA) is 122 Å². The van der Waals surface area contributed by atoms with Crippen molar-refractivity contribution in [2.45, 2.75) is 58.5 Å². The predicted molar refractivity (Wildman–Crippen MR) is 146 cm³/mol. The zero-order valence-corrected chi connectivity index (χ0v) is 22.4. The number of carbonyl (C=O) groups is 1. The molecule has 2 aromatic heterocycles. The van der Waals surface area contributed by atoms with Crippen molar-refractivity contribution >= 4 is 17.4 Å². The van der Waals surface area contributed by atoms with Crippen LogP contribution >= 0.6 is 0 Å². The highest BCUT2D eigenvalue weighted by molar-refractivity contribution is 5.93. The maximum atomic E-state index is 12.0. The zero-order valence-electron chi connectivity index (χ0n) is 22.4. The third-order valence-corrected chi connectivity index (χ3v) is 7.75. The van der Waals surface area contributed by atoms with Gasteiger partial charge in [0.25, 0.3) is 5.91 Å². The molecule has 198 valence electrons. The van der Waals surface area contributed by atoms with Crippen LogP contribution in [0.3, 0.4) is 0 Å². The van der Waals surface area contributed by atoms with Crippen molar-refractivity contribution in [3.63, 3.8) is 0 Å². The Labute approximate surface area is 223 Å². The number of fused-ring (bicyclic) bond motifs is 1. The van der Waals surface area contributed by atoms with Crippen molar-refractivity contribution in [3.05, 3.63) is 58.0 Å². The molecule has 0 atom stereocenters. The van der Waals surface area contributed by atoms with E-state index in [1.54, 1.807) is 19.3 Å². The zero-order chi connectivity index (χ0) is 26.8.